The van der Waals surface area contributed by atoms with Gasteiger partial charge in [-0.3, -0.25) is 9.69 Å². The van der Waals surface area contributed by atoms with Crippen LogP contribution in [0.25, 0.3) is 0 Å². The van der Waals surface area contributed by atoms with Crippen molar-refractivity contribution < 1.29 is 9.32 Å². The molecule has 1 saturated heterocycles. The number of benzene rings is 2. The van der Waals surface area contributed by atoms with E-state index in [4.69, 9.17) is 16.1 Å². The molecule has 0 aliphatic carbocycles. The molecule has 31 heavy (non-hydrogen) atoms. The number of hydrogen-bond acceptors (Lipinski definition) is 6. The third kappa shape index (κ3) is 6.32. The molecule has 6 nitrogen and oxygen atoms in total. The van der Waals surface area contributed by atoms with E-state index in [1.54, 1.807) is 18.7 Å². The van der Waals surface area contributed by atoms with Crippen LogP contribution in [-0.2, 0) is 12.3 Å². The highest BCUT2D eigenvalue weighted by atomic mass is 35.5. The fraction of sp³-hybridized carbons (Fsp3) is 0.348. The van der Waals surface area contributed by atoms with Crippen LogP contribution in [0.5, 0.6) is 0 Å². The quantitative estimate of drug-likeness (QED) is 0.519. The first-order valence-electron chi connectivity index (χ1n) is 10.3. The Hall–Kier alpha value is -2.35. The molecule has 1 aliphatic heterocycles. The van der Waals surface area contributed by atoms with Crippen LogP contribution < -0.4 is 5.32 Å². The Morgan fingerprint density at radius 1 is 1.16 bits per heavy atom. The molecule has 4 rings (SSSR count). The highest BCUT2D eigenvalue weighted by molar-refractivity contribution is 7.98. The Balaban J connectivity index is 1.21. The van der Waals surface area contributed by atoms with Crippen LogP contribution in [0.4, 0.5) is 0 Å². The van der Waals surface area contributed by atoms with Gasteiger partial charge in [0.15, 0.2) is 5.82 Å². The lowest BCUT2D eigenvalue weighted by Gasteiger charge is -2.32. The van der Waals surface area contributed by atoms with Gasteiger partial charge in [0.1, 0.15) is 0 Å². The highest BCUT2D eigenvalue weighted by Gasteiger charge is 2.21. The summed E-state index contributed by atoms with van der Waals surface area (Å²) in [6, 6.07) is 15.9. The maximum absolute atomic E-state index is 12.6. The van der Waals surface area contributed by atoms with Crippen molar-refractivity contribution in [2.75, 3.05) is 13.1 Å². The van der Waals surface area contributed by atoms with E-state index in [9.17, 15) is 4.79 Å². The molecular formula is C23H25ClN4O2S. The number of nitrogens with one attached hydrogen (secondary N) is 1. The topological polar surface area (TPSA) is 71.3 Å². The number of halogens is 1. The largest absolute Gasteiger partial charge is 0.349 e. The number of hydrogen-bond donors (Lipinski definition) is 1. The molecule has 2 aromatic carbocycles. The summed E-state index contributed by atoms with van der Waals surface area (Å²) in [6.07, 6.45) is 1.91. The van der Waals surface area contributed by atoms with Gasteiger partial charge < -0.3 is 9.84 Å². The number of amides is 1. The highest BCUT2D eigenvalue weighted by Crippen LogP contribution is 2.23. The van der Waals surface area contributed by atoms with E-state index in [0.717, 1.165) is 42.4 Å². The van der Waals surface area contributed by atoms with Crippen LogP contribution in [-0.4, -0.2) is 40.1 Å². The van der Waals surface area contributed by atoms with Gasteiger partial charge in [0.05, 0.1) is 5.75 Å². The van der Waals surface area contributed by atoms with Crippen LogP contribution in [0.3, 0.4) is 0 Å². The normalized spacial score (nSPS) is 15.2. The van der Waals surface area contributed by atoms with Crippen LogP contribution in [0.1, 0.15) is 40.5 Å². The summed E-state index contributed by atoms with van der Waals surface area (Å²) in [5.41, 5.74) is 1.95. The van der Waals surface area contributed by atoms with E-state index in [2.05, 4.69) is 32.5 Å². The predicted octanol–water partition coefficient (Wildman–Crippen LogP) is 4.72. The summed E-state index contributed by atoms with van der Waals surface area (Å²) in [6.45, 7) is 4.66. The Morgan fingerprint density at radius 3 is 2.52 bits per heavy atom. The monoisotopic (exact) mass is 456 g/mol. The van der Waals surface area contributed by atoms with Crippen molar-refractivity contribution in [2.24, 2.45) is 0 Å². The van der Waals surface area contributed by atoms with Gasteiger partial charge in [-0.15, -0.1) is 11.8 Å². The number of nitrogens with zero attached hydrogens (tertiary/aromatic N) is 3. The van der Waals surface area contributed by atoms with Crippen molar-refractivity contribution in [1.29, 1.82) is 0 Å². The second-order valence-corrected chi connectivity index (χ2v) is 9.18. The summed E-state index contributed by atoms with van der Waals surface area (Å²) < 4.78 is 5.12. The Labute approximate surface area is 191 Å². The van der Waals surface area contributed by atoms with Gasteiger partial charge in [-0.1, -0.05) is 28.9 Å². The third-order valence-corrected chi connectivity index (χ3v) is 6.54. The summed E-state index contributed by atoms with van der Waals surface area (Å²) >= 11 is 7.56. The smallest absolute Gasteiger partial charge is 0.251 e. The fourth-order valence-corrected chi connectivity index (χ4v) is 4.46. The van der Waals surface area contributed by atoms with E-state index in [1.165, 1.54) is 5.56 Å². The molecule has 0 unspecified atom stereocenters. The van der Waals surface area contributed by atoms with E-state index in [0.29, 0.717) is 23.0 Å². The van der Waals surface area contributed by atoms with Crippen LogP contribution >= 0.6 is 23.4 Å². The van der Waals surface area contributed by atoms with Gasteiger partial charge in [0.2, 0.25) is 5.89 Å². The Kier molecular flexibility index (Phi) is 7.27. The average molecular weight is 457 g/mol. The lowest BCUT2D eigenvalue weighted by molar-refractivity contribution is 0.0909. The number of aromatic nitrogens is 2. The fourth-order valence-electron chi connectivity index (χ4n) is 3.60. The second kappa shape index (κ2) is 10.3. The number of aryl methyl sites for hydroxylation is 1. The van der Waals surface area contributed by atoms with Crippen LogP contribution in [0, 0.1) is 6.92 Å². The molecule has 2 heterocycles. The van der Waals surface area contributed by atoms with Crippen LogP contribution in [0.2, 0.25) is 5.02 Å². The van der Waals surface area contributed by atoms with Crippen LogP contribution in [0.15, 0.2) is 57.9 Å². The molecule has 1 aromatic heterocycles. The maximum atomic E-state index is 12.6. The number of piperidine rings is 1. The summed E-state index contributed by atoms with van der Waals surface area (Å²) in [4.78, 5) is 20.3. The minimum Gasteiger partial charge on any atom is -0.349 e. The zero-order valence-electron chi connectivity index (χ0n) is 17.4. The summed E-state index contributed by atoms with van der Waals surface area (Å²) in [5.74, 6) is 1.84. The average Bonchev–Trinajstić information content (AvgIpc) is 3.21. The minimum atomic E-state index is -0.0137. The molecular weight excluding hydrogens is 432 g/mol. The first kappa shape index (κ1) is 21.9. The lowest BCUT2D eigenvalue weighted by atomic mass is 10.0. The number of carbonyl (C=O) groups excluding carboxylic acids is 1. The van der Waals surface area contributed by atoms with Crippen molar-refractivity contribution in [3.8, 4) is 0 Å². The number of carbonyl (C=O) groups is 1. The summed E-state index contributed by atoms with van der Waals surface area (Å²) in [7, 11) is 0. The summed E-state index contributed by atoms with van der Waals surface area (Å²) in [5, 5.41) is 7.74. The molecule has 1 N–H and O–H groups in total. The molecule has 0 radical (unpaired) electrons. The van der Waals surface area contributed by atoms with Gasteiger partial charge in [0.25, 0.3) is 5.91 Å². The van der Waals surface area contributed by atoms with E-state index < -0.39 is 0 Å². The number of thioether (sulfide) groups is 1. The molecule has 0 bridgehead atoms. The molecule has 0 saturated carbocycles. The van der Waals surface area contributed by atoms with Gasteiger partial charge in [-0.25, -0.2) is 0 Å². The number of likely N-dealkylation sites (tertiary alicyclic amines) is 1. The van der Waals surface area contributed by atoms with Gasteiger partial charge in [0, 0.05) is 41.2 Å². The molecule has 0 spiro atoms. The van der Waals surface area contributed by atoms with Gasteiger partial charge in [-0.05, 0) is 61.7 Å². The van der Waals surface area contributed by atoms with E-state index in [1.807, 2.05) is 36.4 Å². The van der Waals surface area contributed by atoms with Gasteiger partial charge >= 0.3 is 0 Å². The van der Waals surface area contributed by atoms with Crippen molar-refractivity contribution in [3.63, 3.8) is 0 Å². The first-order valence-corrected chi connectivity index (χ1v) is 11.7. The van der Waals surface area contributed by atoms with Crippen molar-refractivity contribution >= 4 is 29.3 Å². The number of rotatable bonds is 7. The van der Waals surface area contributed by atoms with Crippen molar-refractivity contribution in [1.82, 2.24) is 20.4 Å². The maximum Gasteiger partial charge on any atom is 0.251 e. The van der Waals surface area contributed by atoms with Crippen molar-refractivity contribution in [2.45, 2.75) is 43.0 Å². The second-order valence-electron chi connectivity index (χ2n) is 7.70. The predicted molar refractivity (Wildman–Crippen MR) is 122 cm³/mol. The van der Waals surface area contributed by atoms with Crippen molar-refractivity contribution in [3.05, 3.63) is 76.4 Å². The molecule has 3 aromatic rings. The minimum absolute atomic E-state index is 0.0137. The molecule has 0 atom stereocenters. The zero-order valence-corrected chi connectivity index (χ0v) is 19.0. The standard InChI is InChI=1S/C23H25ClN4O2S/c1-16-25-22(30-27-16)15-31-21-8-4-18(5-9-21)23(29)26-20-10-12-28(13-11-20)14-17-2-6-19(24)7-3-17/h2-9,20H,10-15H2,1H3,(H,26,29). The van der Waals surface area contributed by atoms with E-state index >= 15 is 0 Å². The Bertz CT molecular complexity index is 999. The van der Waals surface area contributed by atoms with Gasteiger partial charge in [-0.2, -0.15) is 4.98 Å². The zero-order chi connectivity index (χ0) is 21.6. The molecule has 1 fully saturated rings. The molecule has 1 aliphatic rings. The molecule has 8 heteroatoms. The Morgan fingerprint density at radius 2 is 1.87 bits per heavy atom. The third-order valence-electron chi connectivity index (χ3n) is 5.29. The first-order chi connectivity index (χ1) is 15.0. The lowest BCUT2D eigenvalue weighted by Crippen LogP contribution is -2.44. The molecule has 162 valence electrons. The SMILES string of the molecule is Cc1noc(CSc2ccc(C(=O)NC3CCN(Cc4ccc(Cl)cc4)CC3)cc2)n1. The molecule has 1 amide bonds. The van der Waals surface area contributed by atoms with E-state index in [-0.39, 0.29) is 11.9 Å².